The van der Waals surface area contributed by atoms with Gasteiger partial charge in [-0.1, -0.05) is 13.8 Å². The van der Waals surface area contributed by atoms with Gasteiger partial charge in [0.15, 0.2) is 11.5 Å². The van der Waals surface area contributed by atoms with E-state index in [0.717, 1.165) is 0 Å². The minimum Gasteiger partial charge on any atom is -0.493 e. The number of methoxy groups -OCH3 is 4. The Kier molecular flexibility index (Phi) is 6.68. The Labute approximate surface area is 159 Å². The maximum absolute atomic E-state index is 12.7. The number of nitrogens with zero attached hydrogens (tertiary/aromatic N) is 1. The molecular weight excluding hydrogens is 352 g/mol. The van der Waals surface area contributed by atoms with Crippen LogP contribution >= 0.6 is 0 Å². The molecule has 0 saturated heterocycles. The first kappa shape index (κ1) is 20.6. The molecule has 27 heavy (non-hydrogen) atoms. The Morgan fingerprint density at radius 2 is 1.70 bits per heavy atom. The van der Waals surface area contributed by atoms with Gasteiger partial charge in [-0.25, -0.2) is 0 Å². The molecule has 0 radical (unpaired) electrons. The number of carbonyl (C=O) groups excluding carboxylic acids is 2. The lowest BCUT2D eigenvalue weighted by molar-refractivity contribution is -0.141. The lowest BCUT2D eigenvalue weighted by Crippen LogP contribution is -2.53. The van der Waals surface area contributed by atoms with Crippen LogP contribution in [0.1, 0.15) is 19.4 Å². The van der Waals surface area contributed by atoms with Crippen LogP contribution in [0.4, 0.5) is 0 Å². The van der Waals surface area contributed by atoms with E-state index in [1.165, 1.54) is 33.3 Å². The highest BCUT2D eigenvalue weighted by Gasteiger charge is 2.36. The van der Waals surface area contributed by atoms with Crippen LogP contribution in [0.5, 0.6) is 17.2 Å². The van der Waals surface area contributed by atoms with Crippen LogP contribution in [0, 0.1) is 5.92 Å². The summed E-state index contributed by atoms with van der Waals surface area (Å²) in [5, 5.41) is 2.87. The predicted molar refractivity (Wildman–Crippen MR) is 99.6 cm³/mol. The highest BCUT2D eigenvalue weighted by Crippen LogP contribution is 2.40. The molecule has 8 heteroatoms. The maximum atomic E-state index is 12.7. The number of carbonyl (C=O) groups is 2. The topological polar surface area (TPSA) is 86.3 Å². The summed E-state index contributed by atoms with van der Waals surface area (Å²) in [7, 11) is 5.98. The quantitative estimate of drug-likeness (QED) is 0.776. The largest absolute Gasteiger partial charge is 0.493 e. The molecule has 0 unspecified atom stereocenters. The Morgan fingerprint density at radius 1 is 1.11 bits per heavy atom. The van der Waals surface area contributed by atoms with Gasteiger partial charge in [0.2, 0.25) is 11.7 Å². The van der Waals surface area contributed by atoms with E-state index in [1.807, 2.05) is 13.8 Å². The number of amides is 2. The van der Waals surface area contributed by atoms with Gasteiger partial charge in [0.05, 0.1) is 27.0 Å². The number of nitrogens with one attached hydrogen (secondary N) is 1. The lowest BCUT2D eigenvalue weighted by atomic mass is 9.98. The van der Waals surface area contributed by atoms with Gasteiger partial charge in [0, 0.05) is 18.9 Å². The number of hydrogen-bond donors (Lipinski definition) is 1. The molecule has 0 aliphatic carbocycles. The van der Waals surface area contributed by atoms with Gasteiger partial charge >= 0.3 is 0 Å². The molecule has 0 bridgehead atoms. The van der Waals surface area contributed by atoms with Gasteiger partial charge in [0.25, 0.3) is 5.91 Å². The second-order valence-electron chi connectivity index (χ2n) is 6.37. The van der Waals surface area contributed by atoms with Crippen molar-refractivity contribution >= 4 is 17.5 Å². The van der Waals surface area contributed by atoms with Gasteiger partial charge in [-0.15, -0.1) is 0 Å². The third-order valence-electron chi connectivity index (χ3n) is 4.26. The second-order valence-corrected chi connectivity index (χ2v) is 6.37. The smallest absolute Gasteiger partial charge is 0.253 e. The second kappa shape index (κ2) is 8.77. The monoisotopic (exact) mass is 378 g/mol. The van der Waals surface area contributed by atoms with Crippen LogP contribution in [0.15, 0.2) is 18.3 Å². The molecule has 0 aromatic heterocycles. The molecule has 0 spiro atoms. The fourth-order valence-electron chi connectivity index (χ4n) is 3.02. The van der Waals surface area contributed by atoms with Gasteiger partial charge in [-0.2, -0.15) is 0 Å². The molecule has 1 atom stereocenters. The zero-order valence-corrected chi connectivity index (χ0v) is 16.5. The Bertz CT molecular complexity index is 719. The first-order valence-electron chi connectivity index (χ1n) is 8.51. The number of rotatable bonds is 7. The molecule has 1 aliphatic heterocycles. The summed E-state index contributed by atoms with van der Waals surface area (Å²) in [5.41, 5.74) is 1.08. The van der Waals surface area contributed by atoms with Crippen molar-refractivity contribution in [1.82, 2.24) is 10.2 Å². The molecular formula is C19H26N2O6. The SMILES string of the molecule is COCC(=O)N1C=C(c2cc(OC)c(OC)c(OC)c2)NC(=O)[C@@H]1C(C)C. The number of hydrogen-bond acceptors (Lipinski definition) is 6. The van der Waals surface area contributed by atoms with E-state index in [-0.39, 0.29) is 24.3 Å². The van der Waals surface area contributed by atoms with Crippen molar-refractivity contribution in [2.75, 3.05) is 35.0 Å². The van der Waals surface area contributed by atoms with Crippen molar-refractivity contribution in [2.24, 2.45) is 5.92 Å². The van der Waals surface area contributed by atoms with Crippen molar-refractivity contribution in [3.8, 4) is 17.2 Å². The standard InChI is InChI=1S/C19H26N2O6/c1-11(2)17-19(23)20-13(9-21(17)16(22)10-24-3)12-7-14(25-4)18(27-6)15(8-12)26-5/h7-9,11,17H,10H2,1-6H3,(H,20,23)/t17-/m0/s1. The first-order valence-corrected chi connectivity index (χ1v) is 8.51. The van der Waals surface area contributed by atoms with Crippen LogP contribution in [0.3, 0.4) is 0 Å². The highest BCUT2D eigenvalue weighted by atomic mass is 16.5. The predicted octanol–water partition coefficient (Wildman–Crippen LogP) is 1.64. The summed E-state index contributed by atoms with van der Waals surface area (Å²) < 4.78 is 21.0. The summed E-state index contributed by atoms with van der Waals surface area (Å²) in [4.78, 5) is 26.6. The molecule has 2 amide bonds. The average Bonchev–Trinajstić information content (AvgIpc) is 2.65. The van der Waals surface area contributed by atoms with E-state index in [0.29, 0.717) is 28.5 Å². The normalized spacial score (nSPS) is 16.7. The molecule has 1 N–H and O–H groups in total. The maximum Gasteiger partial charge on any atom is 0.253 e. The number of ether oxygens (including phenoxy) is 4. The number of benzene rings is 1. The third kappa shape index (κ3) is 4.16. The van der Waals surface area contributed by atoms with Crippen LogP contribution < -0.4 is 19.5 Å². The van der Waals surface area contributed by atoms with Crippen LogP contribution in [-0.4, -0.2) is 57.8 Å². The first-order chi connectivity index (χ1) is 12.9. The molecule has 1 aliphatic rings. The summed E-state index contributed by atoms with van der Waals surface area (Å²) in [6.45, 7) is 3.65. The van der Waals surface area contributed by atoms with Crippen molar-refractivity contribution in [1.29, 1.82) is 0 Å². The summed E-state index contributed by atoms with van der Waals surface area (Å²) in [6, 6.07) is 2.81. The molecule has 2 rings (SSSR count). The minimum absolute atomic E-state index is 0.0662. The van der Waals surface area contributed by atoms with E-state index in [1.54, 1.807) is 18.3 Å². The third-order valence-corrected chi connectivity index (χ3v) is 4.26. The van der Waals surface area contributed by atoms with Crippen molar-refractivity contribution in [3.05, 3.63) is 23.9 Å². The van der Waals surface area contributed by atoms with E-state index < -0.39 is 6.04 Å². The summed E-state index contributed by atoms with van der Waals surface area (Å²) in [6.07, 6.45) is 1.62. The molecule has 0 saturated carbocycles. The van der Waals surface area contributed by atoms with E-state index in [9.17, 15) is 9.59 Å². The summed E-state index contributed by atoms with van der Waals surface area (Å²) in [5.74, 6) is 0.713. The molecule has 0 fully saturated rings. The highest BCUT2D eigenvalue weighted by molar-refractivity contribution is 5.97. The molecule has 148 valence electrons. The van der Waals surface area contributed by atoms with E-state index in [2.05, 4.69) is 5.32 Å². The van der Waals surface area contributed by atoms with Crippen LogP contribution in [0.2, 0.25) is 0 Å². The summed E-state index contributed by atoms with van der Waals surface area (Å²) >= 11 is 0. The van der Waals surface area contributed by atoms with Gasteiger partial charge in [-0.3, -0.25) is 9.59 Å². The Balaban J connectivity index is 2.55. The fourth-order valence-corrected chi connectivity index (χ4v) is 3.02. The van der Waals surface area contributed by atoms with Crippen molar-refractivity contribution in [3.63, 3.8) is 0 Å². The zero-order chi connectivity index (χ0) is 20.1. The molecule has 1 heterocycles. The van der Waals surface area contributed by atoms with Crippen molar-refractivity contribution < 1.29 is 28.5 Å². The van der Waals surface area contributed by atoms with E-state index in [4.69, 9.17) is 18.9 Å². The van der Waals surface area contributed by atoms with Crippen molar-refractivity contribution in [2.45, 2.75) is 19.9 Å². The molecule has 1 aromatic rings. The van der Waals surface area contributed by atoms with Crippen LogP contribution in [0.25, 0.3) is 5.70 Å². The minimum atomic E-state index is -0.613. The average molecular weight is 378 g/mol. The molecule has 8 nitrogen and oxygen atoms in total. The fraction of sp³-hybridized carbons (Fsp3) is 0.474. The van der Waals surface area contributed by atoms with Crippen LogP contribution in [-0.2, 0) is 14.3 Å². The van der Waals surface area contributed by atoms with E-state index >= 15 is 0 Å². The van der Waals surface area contributed by atoms with Gasteiger partial charge in [0.1, 0.15) is 12.6 Å². The lowest BCUT2D eigenvalue weighted by Gasteiger charge is -2.35. The van der Waals surface area contributed by atoms with Gasteiger partial charge in [-0.05, 0) is 18.1 Å². The molecule has 1 aromatic carbocycles. The Morgan fingerprint density at radius 3 is 2.15 bits per heavy atom. The zero-order valence-electron chi connectivity index (χ0n) is 16.5. The van der Waals surface area contributed by atoms with Gasteiger partial charge < -0.3 is 29.2 Å². The Hall–Kier alpha value is -2.74.